The minimum absolute atomic E-state index is 0.0450. The van der Waals surface area contributed by atoms with Crippen LogP contribution in [0.5, 0.6) is 5.75 Å². The number of carbonyl (C=O) groups excluding carboxylic acids is 2. The summed E-state index contributed by atoms with van der Waals surface area (Å²) in [5.74, 6) is 1.24. The molecule has 2 aliphatic heterocycles. The van der Waals surface area contributed by atoms with Crippen molar-refractivity contribution in [3.63, 3.8) is 0 Å². The van der Waals surface area contributed by atoms with Crippen molar-refractivity contribution in [3.05, 3.63) is 95.3 Å². The molecular weight excluding hydrogens is 653 g/mol. The Morgan fingerprint density at radius 1 is 0.923 bits per heavy atom. The third-order valence-corrected chi connectivity index (χ3v) is 10.5. The van der Waals surface area contributed by atoms with Crippen molar-refractivity contribution >= 4 is 28.7 Å². The van der Waals surface area contributed by atoms with Crippen molar-refractivity contribution in [2.75, 3.05) is 44.2 Å². The Bertz CT molecular complexity index is 2160. The molecule has 3 aliphatic rings. The highest BCUT2D eigenvalue weighted by molar-refractivity contribution is 6.09. The number of rotatable bonds is 6. The minimum atomic E-state index is -0.490. The van der Waals surface area contributed by atoms with E-state index in [0.717, 1.165) is 64.4 Å². The average molecular weight is 699 g/mol. The number of amides is 2. The molecule has 2 amide bonds. The van der Waals surface area contributed by atoms with Crippen LogP contribution in [0.15, 0.2) is 73.1 Å². The normalized spacial score (nSPS) is 16.8. The zero-order valence-electron chi connectivity index (χ0n) is 30.7. The van der Waals surface area contributed by atoms with Crippen LogP contribution in [0.1, 0.15) is 66.6 Å². The third-order valence-electron chi connectivity index (χ3n) is 10.5. The van der Waals surface area contributed by atoms with E-state index in [-0.39, 0.29) is 12.0 Å². The fourth-order valence-electron chi connectivity index (χ4n) is 7.48. The van der Waals surface area contributed by atoms with E-state index in [1.165, 1.54) is 24.0 Å². The van der Waals surface area contributed by atoms with Crippen LogP contribution in [0.25, 0.3) is 33.5 Å². The van der Waals surface area contributed by atoms with Gasteiger partial charge in [0.2, 0.25) is 0 Å². The Kier molecular flexibility index (Phi) is 8.73. The first-order valence-corrected chi connectivity index (χ1v) is 18.3. The highest BCUT2D eigenvalue weighted by atomic mass is 16.6. The molecule has 8 rings (SSSR count). The first-order chi connectivity index (χ1) is 25.0. The van der Waals surface area contributed by atoms with Gasteiger partial charge in [-0.25, -0.2) is 14.8 Å². The zero-order valence-corrected chi connectivity index (χ0v) is 30.7. The van der Waals surface area contributed by atoms with Crippen LogP contribution < -0.4 is 9.64 Å². The number of nitrogens with zero attached hydrogens (tertiary/aromatic N) is 6. The molecule has 0 unspecified atom stereocenters. The summed E-state index contributed by atoms with van der Waals surface area (Å²) in [6, 6.07) is 23.0. The average Bonchev–Trinajstić information content (AvgIpc) is 3.95. The van der Waals surface area contributed by atoms with Gasteiger partial charge in [-0.2, -0.15) is 0 Å². The second-order valence-electron chi connectivity index (χ2n) is 15.3. The number of aromatic nitrogens is 3. The number of ether oxygens (including phenoxy) is 2. The molecule has 2 fully saturated rings. The molecule has 1 saturated carbocycles. The Morgan fingerprint density at radius 3 is 2.42 bits per heavy atom. The molecule has 0 radical (unpaired) electrons. The van der Waals surface area contributed by atoms with Crippen LogP contribution in [0.4, 0.5) is 10.5 Å². The number of anilines is 1. The molecule has 1 aliphatic carbocycles. The summed E-state index contributed by atoms with van der Waals surface area (Å²) in [5.41, 5.74) is 9.22. The second kappa shape index (κ2) is 13.4. The van der Waals surface area contributed by atoms with Crippen LogP contribution in [-0.2, 0) is 18.3 Å². The summed E-state index contributed by atoms with van der Waals surface area (Å²) in [4.78, 5) is 42.0. The quantitative estimate of drug-likeness (QED) is 0.181. The summed E-state index contributed by atoms with van der Waals surface area (Å²) in [6.45, 7) is 12.4. The fraction of sp³-hybridized carbons (Fsp3) is 0.381. The maximum Gasteiger partial charge on any atom is 0.410 e. The molecule has 2 aromatic heterocycles. The van der Waals surface area contributed by atoms with Gasteiger partial charge >= 0.3 is 6.09 Å². The van der Waals surface area contributed by atoms with Crippen LogP contribution in [-0.4, -0.2) is 81.3 Å². The van der Waals surface area contributed by atoms with E-state index in [4.69, 9.17) is 14.5 Å². The fourth-order valence-corrected chi connectivity index (χ4v) is 7.48. The lowest BCUT2D eigenvalue weighted by atomic mass is 10.00. The van der Waals surface area contributed by atoms with Crippen LogP contribution in [0, 0.1) is 6.92 Å². The minimum Gasteiger partial charge on any atom is -0.491 e. The van der Waals surface area contributed by atoms with Gasteiger partial charge in [0.1, 0.15) is 29.9 Å². The number of piperazine rings is 1. The van der Waals surface area contributed by atoms with E-state index < -0.39 is 5.60 Å². The van der Waals surface area contributed by atoms with Gasteiger partial charge in [-0.15, -0.1) is 0 Å². The Labute approximate surface area is 305 Å². The zero-order chi connectivity index (χ0) is 36.1. The summed E-state index contributed by atoms with van der Waals surface area (Å²) >= 11 is 0. The molecule has 268 valence electrons. The van der Waals surface area contributed by atoms with Gasteiger partial charge in [0.25, 0.3) is 5.91 Å². The molecule has 10 nitrogen and oxygen atoms in total. The summed E-state index contributed by atoms with van der Waals surface area (Å²) < 4.78 is 13.8. The predicted molar refractivity (Wildman–Crippen MR) is 203 cm³/mol. The van der Waals surface area contributed by atoms with E-state index in [2.05, 4.69) is 69.9 Å². The standard InChI is InChI=1S/C42H46N6O4/c1-27-32(7-6-8-35(27)48-21-22-51-37-23-31(29-13-14-29)15-16-33(37)40(48)49)38-34-24-36(45(5)39(34)44-26-43-38)30-11-9-28(10-12-30)25-46-17-19-47(20-18-46)41(50)52-42(2,3)4/h6-12,15-16,23-24,26,29H,13-14,17-22,25H2,1-5H3. The van der Waals surface area contributed by atoms with Crippen molar-refractivity contribution in [1.82, 2.24) is 24.3 Å². The molecule has 3 aromatic carbocycles. The van der Waals surface area contributed by atoms with Gasteiger partial charge < -0.3 is 23.8 Å². The topological polar surface area (TPSA) is 93.0 Å². The van der Waals surface area contributed by atoms with Crippen molar-refractivity contribution in [3.8, 4) is 28.3 Å². The largest absolute Gasteiger partial charge is 0.491 e. The molecule has 10 heteroatoms. The van der Waals surface area contributed by atoms with E-state index >= 15 is 0 Å². The molecule has 1 saturated heterocycles. The van der Waals surface area contributed by atoms with E-state index in [1.54, 1.807) is 11.2 Å². The highest BCUT2D eigenvalue weighted by Gasteiger charge is 2.30. The molecule has 52 heavy (non-hydrogen) atoms. The lowest BCUT2D eigenvalue weighted by molar-refractivity contribution is 0.0139. The van der Waals surface area contributed by atoms with Crippen molar-refractivity contribution < 1.29 is 19.1 Å². The first-order valence-electron chi connectivity index (χ1n) is 18.3. The molecule has 4 heterocycles. The van der Waals surface area contributed by atoms with Crippen LogP contribution in [0.3, 0.4) is 0 Å². The van der Waals surface area contributed by atoms with Crippen molar-refractivity contribution in [1.29, 1.82) is 0 Å². The predicted octanol–water partition coefficient (Wildman–Crippen LogP) is 7.58. The first kappa shape index (κ1) is 33.9. The Morgan fingerprint density at radius 2 is 1.69 bits per heavy atom. The number of hydrogen-bond acceptors (Lipinski definition) is 7. The van der Waals surface area contributed by atoms with E-state index in [1.807, 2.05) is 50.9 Å². The number of benzene rings is 3. The number of aryl methyl sites for hydroxylation is 1. The third kappa shape index (κ3) is 6.63. The van der Waals surface area contributed by atoms with Gasteiger partial charge in [0, 0.05) is 56.4 Å². The van der Waals surface area contributed by atoms with Gasteiger partial charge in [-0.3, -0.25) is 9.69 Å². The number of hydrogen-bond donors (Lipinski definition) is 0. The van der Waals surface area contributed by atoms with Gasteiger partial charge in [0.15, 0.2) is 0 Å². The van der Waals surface area contributed by atoms with Gasteiger partial charge in [0.05, 0.1) is 23.5 Å². The smallest absolute Gasteiger partial charge is 0.410 e. The molecule has 0 spiro atoms. The Hall–Kier alpha value is -5.22. The van der Waals surface area contributed by atoms with Crippen molar-refractivity contribution in [2.45, 2.75) is 58.6 Å². The van der Waals surface area contributed by atoms with Gasteiger partial charge in [-0.1, -0.05) is 42.5 Å². The monoisotopic (exact) mass is 698 g/mol. The molecule has 0 bridgehead atoms. The SMILES string of the molecule is Cc1c(-c2ncnc3c2cc(-c2ccc(CN4CCN(C(=O)OC(C)(C)C)CC4)cc2)n3C)cccc1N1CCOc2cc(C3CC3)ccc2C1=O. The summed E-state index contributed by atoms with van der Waals surface area (Å²) in [5, 5.41) is 0.954. The van der Waals surface area contributed by atoms with Crippen LogP contribution in [0.2, 0.25) is 0 Å². The van der Waals surface area contributed by atoms with E-state index in [0.29, 0.717) is 43.5 Å². The lowest BCUT2D eigenvalue weighted by Crippen LogP contribution is -2.49. The number of carbonyl (C=O) groups is 2. The maximum absolute atomic E-state index is 14.0. The molecule has 0 N–H and O–H groups in total. The van der Waals surface area contributed by atoms with Gasteiger partial charge in [-0.05, 0) is 93.0 Å². The maximum atomic E-state index is 14.0. The molecule has 0 atom stereocenters. The molecule has 5 aromatic rings. The van der Waals surface area contributed by atoms with Crippen LogP contribution >= 0.6 is 0 Å². The van der Waals surface area contributed by atoms with Crippen molar-refractivity contribution in [2.24, 2.45) is 7.05 Å². The summed E-state index contributed by atoms with van der Waals surface area (Å²) in [7, 11) is 2.04. The lowest BCUT2D eigenvalue weighted by Gasteiger charge is -2.35. The highest BCUT2D eigenvalue weighted by Crippen LogP contribution is 2.43. The Balaban J connectivity index is 1.01. The summed E-state index contributed by atoms with van der Waals surface area (Å²) in [6.07, 6.45) is 3.79. The number of fused-ring (bicyclic) bond motifs is 2. The molecular formula is C42H46N6O4. The second-order valence-corrected chi connectivity index (χ2v) is 15.3. The van der Waals surface area contributed by atoms with E-state index in [9.17, 15) is 9.59 Å².